The van der Waals surface area contributed by atoms with Gasteiger partial charge in [-0.05, 0) is 30.3 Å². The highest BCUT2D eigenvalue weighted by molar-refractivity contribution is 7.92. The molecule has 0 radical (unpaired) electrons. The Morgan fingerprint density at radius 1 is 1.10 bits per heavy atom. The SMILES string of the molecule is Cc1nc2cc(S(=O)(=O)N(C)c3ccccc3)ccc2o1. The Morgan fingerprint density at radius 3 is 2.52 bits per heavy atom. The number of benzene rings is 2. The first kappa shape index (κ1) is 13.6. The summed E-state index contributed by atoms with van der Waals surface area (Å²) >= 11 is 0. The normalized spacial score (nSPS) is 11.7. The number of hydrogen-bond acceptors (Lipinski definition) is 4. The highest BCUT2D eigenvalue weighted by atomic mass is 32.2. The largest absolute Gasteiger partial charge is 0.441 e. The van der Waals surface area contributed by atoms with Crippen LogP contribution in [0.15, 0.2) is 57.8 Å². The summed E-state index contributed by atoms with van der Waals surface area (Å²) in [6.07, 6.45) is 0. The zero-order valence-electron chi connectivity index (χ0n) is 11.6. The van der Waals surface area contributed by atoms with Gasteiger partial charge in [0, 0.05) is 14.0 Å². The average molecular weight is 302 g/mol. The molecule has 0 spiro atoms. The van der Waals surface area contributed by atoms with Crippen LogP contribution in [0, 0.1) is 6.92 Å². The van der Waals surface area contributed by atoms with Gasteiger partial charge in [-0.1, -0.05) is 18.2 Å². The third-order valence-electron chi connectivity index (χ3n) is 3.24. The Bertz CT molecular complexity index is 886. The maximum Gasteiger partial charge on any atom is 0.264 e. The molecular weight excluding hydrogens is 288 g/mol. The summed E-state index contributed by atoms with van der Waals surface area (Å²) in [7, 11) is -2.09. The number of para-hydroxylation sites is 1. The van der Waals surface area contributed by atoms with Crippen LogP contribution in [-0.4, -0.2) is 20.4 Å². The minimum absolute atomic E-state index is 0.189. The number of nitrogens with zero attached hydrogens (tertiary/aromatic N) is 2. The monoisotopic (exact) mass is 302 g/mol. The molecule has 5 nitrogen and oxygen atoms in total. The topological polar surface area (TPSA) is 63.4 Å². The second kappa shape index (κ2) is 4.89. The molecule has 0 aliphatic rings. The molecule has 0 fully saturated rings. The first-order chi connectivity index (χ1) is 9.98. The number of hydrogen-bond donors (Lipinski definition) is 0. The van der Waals surface area contributed by atoms with Gasteiger partial charge in [-0.2, -0.15) is 0 Å². The predicted molar refractivity (Wildman–Crippen MR) is 80.8 cm³/mol. The zero-order valence-corrected chi connectivity index (χ0v) is 12.5. The van der Waals surface area contributed by atoms with Crippen molar-refractivity contribution in [1.29, 1.82) is 0 Å². The van der Waals surface area contributed by atoms with Crippen molar-refractivity contribution >= 4 is 26.8 Å². The van der Waals surface area contributed by atoms with Crippen LogP contribution in [0.4, 0.5) is 5.69 Å². The molecule has 3 rings (SSSR count). The molecule has 0 amide bonds. The maximum absolute atomic E-state index is 12.7. The molecule has 0 N–H and O–H groups in total. The first-order valence-electron chi connectivity index (χ1n) is 6.40. The van der Waals surface area contributed by atoms with Crippen molar-refractivity contribution in [3.63, 3.8) is 0 Å². The van der Waals surface area contributed by atoms with Crippen molar-refractivity contribution in [1.82, 2.24) is 4.98 Å². The molecule has 0 saturated heterocycles. The third kappa shape index (κ3) is 2.38. The molecule has 1 aromatic heterocycles. The molecule has 0 atom stereocenters. The summed E-state index contributed by atoms with van der Waals surface area (Å²) in [5.41, 5.74) is 1.72. The average Bonchev–Trinajstić information content (AvgIpc) is 2.86. The summed E-state index contributed by atoms with van der Waals surface area (Å²) in [5.74, 6) is 0.510. The summed E-state index contributed by atoms with van der Waals surface area (Å²) in [6.45, 7) is 1.73. The lowest BCUT2D eigenvalue weighted by Crippen LogP contribution is -2.26. The second-order valence-corrected chi connectivity index (χ2v) is 6.64. The van der Waals surface area contributed by atoms with E-state index in [2.05, 4.69) is 4.98 Å². The van der Waals surface area contributed by atoms with Crippen LogP contribution in [0.2, 0.25) is 0 Å². The quantitative estimate of drug-likeness (QED) is 0.746. The highest BCUT2D eigenvalue weighted by Crippen LogP contribution is 2.25. The molecule has 0 aliphatic carbocycles. The molecule has 21 heavy (non-hydrogen) atoms. The Hall–Kier alpha value is -2.34. The molecule has 3 aromatic rings. The van der Waals surface area contributed by atoms with Gasteiger partial charge < -0.3 is 4.42 Å². The fourth-order valence-corrected chi connectivity index (χ4v) is 3.33. The van der Waals surface area contributed by atoms with Crippen LogP contribution in [0.1, 0.15) is 5.89 Å². The number of aromatic nitrogens is 1. The number of oxazole rings is 1. The number of aryl methyl sites for hydroxylation is 1. The van der Waals surface area contributed by atoms with Crippen molar-refractivity contribution in [2.45, 2.75) is 11.8 Å². The van der Waals surface area contributed by atoms with Crippen LogP contribution < -0.4 is 4.31 Å². The van der Waals surface area contributed by atoms with Crippen LogP contribution in [0.25, 0.3) is 11.1 Å². The molecular formula is C15H14N2O3S. The lowest BCUT2D eigenvalue weighted by molar-refractivity contribution is 0.561. The van der Waals surface area contributed by atoms with Crippen LogP contribution in [0.5, 0.6) is 0 Å². The summed E-state index contributed by atoms with van der Waals surface area (Å²) in [5, 5.41) is 0. The van der Waals surface area contributed by atoms with Crippen molar-refractivity contribution in [3.05, 3.63) is 54.4 Å². The van der Waals surface area contributed by atoms with Gasteiger partial charge in [-0.25, -0.2) is 13.4 Å². The van der Waals surface area contributed by atoms with E-state index in [9.17, 15) is 8.42 Å². The van der Waals surface area contributed by atoms with E-state index in [0.717, 1.165) is 0 Å². The molecule has 1 heterocycles. The van der Waals surface area contributed by atoms with E-state index >= 15 is 0 Å². The molecule has 2 aromatic carbocycles. The van der Waals surface area contributed by atoms with E-state index in [0.29, 0.717) is 22.7 Å². The number of rotatable bonds is 3. The van der Waals surface area contributed by atoms with Gasteiger partial charge in [0.1, 0.15) is 5.52 Å². The lowest BCUT2D eigenvalue weighted by atomic mass is 10.3. The number of fused-ring (bicyclic) bond motifs is 1. The van der Waals surface area contributed by atoms with E-state index in [1.54, 1.807) is 37.3 Å². The standard InChI is InChI=1S/C15H14N2O3S/c1-11-16-14-10-13(8-9-15(14)20-11)21(18,19)17(2)12-6-4-3-5-7-12/h3-10H,1-2H3. The Balaban J connectivity index is 2.07. The molecule has 0 bridgehead atoms. The molecule has 108 valence electrons. The van der Waals surface area contributed by atoms with Gasteiger partial charge >= 0.3 is 0 Å². The van der Waals surface area contributed by atoms with Gasteiger partial charge in [-0.15, -0.1) is 0 Å². The summed E-state index contributed by atoms with van der Waals surface area (Å²) in [6, 6.07) is 13.6. The van der Waals surface area contributed by atoms with E-state index < -0.39 is 10.0 Å². The molecule has 0 saturated carbocycles. The van der Waals surface area contributed by atoms with E-state index in [4.69, 9.17) is 4.42 Å². The lowest BCUT2D eigenvalue weighted by Gasteiger charge is -2.19. The van der Waals surface area contributed by atoms with E-state index in [1.807, 2.05) is 6.07 Å². The van der Waals surface area contributed by atoms with Crippen LogP contribution in [0.3, 0.4) is 0 Å². The van der Waals surface area contributed by atoms with Gasteiger partial charge in [0.15, 0.2) is 11.5 Å². The first-order valence-corrected chi connectivity index (χ1v) is 7.84. The molecule has 6 heteroatoms. The molecule has 0 aliphatic heterocycles. The van der Waals surface area contributed by atoms with E-state index in [1.165, 1.54) is 23.5 Å². The van der Waals surface area contributed by atoms with Crippen molar-refractivity contribution in [2.75, 3.05) is 11.4 Å². The van der Waals surface area contributed by atoms with E-state index in [-0.39, 0.29) is 4.90 Å². The number of sulfonamides is 1. The second-order valence-electron chi connectivity index (χ2n) is 4.67. The van der Waals surface area contributed by atoms with Crippen molar-refractivity contribution in [2.24, 2.45) is 0 Å². The van der Waals surface area contributed by atoms with Crippen LogP contribution in [-0.2, 0) is 10.0 Å². The summed E-state index contributed by atoms with van der Waals surface area (Å²) < 4.78 is 31.9. The summed E-state index contributed by atoms with van der Waals surface area (Å²) in [4.78, 5) is 4.36. The van der Waals surface area contributed by atoms with Gasteiger partial charge in [0.2, 0.25) is 0 Å². The number of anilines is 1. The minimum Gasteiger partial charge on any atom is -0.441 e. The Kier molecular flexibility index (Phi) is 3.17. The van der Waals surface area contributed by atoms with Gasteiger partial charge in [0.05, 0.1) is 10.6 Å². The van der Waals surface area contributed by atoms with Crippen molar-refractivity contribution < 1.29 is 12.8 Å². The highest BCUT2D eigenvalue weighted by Gasteiger charge is 2.22. The smallest absolute Gasteiger partial charge is 0.264 e. The van der Waals surface area contributed by atoms with Crippen LogP contribution >= 0.6 is 0 Å². The van der Waals surface area contributed by atoms with Gasteiger partial charge in [-0.3, -0.25) is 4.31 Å². The zero-order chi connectivity index (χ0) is 15.0. The minimum atomic E-state index is -3.62. The Labute approximate surface area is 122 Å². The van der Waals surface area contributed by atoms with Gasteiger partial charge in [0.25, 0.3) is 10.0 Å². The molecule has 0 unspecified atom stereocenters. The fourth-order valence-electron chi connectivity index (χ4n) is 2.12. The predicted octanol–water partition coefficient (Wildman–Crippen LogP) is 2.96. The van der Waals surface area contributed by atoms with Crippen molar-refractivity contribution in [3.8, 4) is 0 Å². The third-order valence-corrected chi connectivity index (χ3v) is 5.03. The Morgan fingerprint density at radius 2 is 1.81 bits per heavy atom. The maximum atomic E-state index is 12.7. The fraction of sp³-hybridized carbons (Fsp3) is 0.133.